The van der Waals surface area contributed by atoms with Gasteiger partial charge in [0.2, 0.25) is 0 Å². The summed E-state index contributed by atoms with van der Waals surface area (Å²) < 4.78 is 5.69. The fourth-order valence-electron chi connectivity index (χ4n) is 1.83. The van der Waals surface area contributed by atoms with Crippen molar-refractivity contribution in [2.45, 2.75) is 5.92 Å². The maximum absolute atomic E-state index is 9.48. The molecule has 1 unspecified atom stereocenters. The van der Waals surface area contributed by atoms with Gasteiger partial charge >= 0.3 is 0 Å². The summed E-state index contributed by atoms with van der Waals surface area (Å²) in [4.78, 5) is 0. The lowest BCUT2D eigenvalue weighted by atomic mass is 10.00. The predicted octanol–water partition coefficient (Wildman–Crippen LogP) is 3.17. The van der Waals surface area contributed by atoms with Gasteiger partial charge in [-0.05, 0) is 35.9 Å². The summed E-state index contributed by atoms with van der Waals surface area (Å²) in [7, 11) is 0. The highest BCUT2D eigenvalue weighted by atomic mass is 35.5. The molecule has 0 saturated carbocycles. The molecule has 2 rings (SSSR count). The van der Waals surface area contributed by atoms with Crippen LogP contribution < -0.4 is 10.5 Å². The minimum absolute atomic E-state index is 0.0334. The second-order valence-corrected chi connectivity index (χ2v) is 4.73. The van der Waals surface area contributed by atoms with E-state index in [0.717, 1.165) is 5.56 Å². The number of hydrogen-bond acceptors (Lipinski definition) is 3. The molecule has 3 nitrogen and oxygen atoms in total. The molecule has 19 heavy (non-hydrogen) atoms. The molecule has 0 aliphatic heterocycles. The highest BCUT2D eigenvalue weighted by Gasteiger charge is 2.11. The molecule has 2 aromatic carbocycles. The Balaban J connectivity index is 2.04. The van der Waals surface area contributed by atoms with Gasteiger partial charge in [-0.3, -0.25) is 0 Å². The number of phenols is 1. The highest BCUT2D eigenvalue weighted by Crippen LogP contribution is 2.22. The number of nitrogens with two attached hydrogens (primary N) is 1. The second-order valence-electron chi connectivity index (χ2n) is 4.30. The van der Waals surface area contributed by atoms with Gasteiger partial charge in [-0.25, -0.2) is 0 Å². The average Bonchev–Trinajstić information content (AvgIpc) is 2.40. The molecule has 0 bridgehead atoms. The normalized spacial score (nSPS) is 12.1. The monoisotopic (exact) mass is 277 g/mol. The van der Waals surface area contributed by atoms with E-state index in [9.17, 15) is 5.11 Å². The SMILES string of the molecule is NCC(COc1cccc(Cl)c1)c1cccc(O)c1. The Morgan fingerprint density at radius 2 is 1.95 bits per heavy atom. The van der Waals surface area contributed by atoms with Crippen molar-refractivity contribution in [2.24, 2.45) is 5.73 Å². The fourth-order valence-corrected chi connectivity index (χ4v) is 2.01. The zero-order chi connectivity index (χ0) is 13.7. The first kappa shape index (κ1) is 13.7. The molecular formula is C15H16ClNO2. The van der Waals surface area contributed by atoms with Crippen molar-refractivity contribution < 1.29 is 9.84 Å². The van der Waals surface area contributed by atoms with Crippen molar-refractivity contribution in [3.63, 3.8) is 0 Å². The number of hydrogen-bond donors (Lipinski definition) is 2. The molecule has 1 atom stereocenters. The van der Waals surface area contributed by atoms with Crippen molar-refractivity contribution in [1.29, 1.82) is 0 Å². The van der Waals surface area contributed by atoms with Gasteiger partial charge in [0, 0.05) is 17.5 Å². The topological polar surface area (TPSA) is 55.5 Å². The zero-order valence-corrected chi connectivity index (χ0v) is 11.2. The molecule has 0 aromatic heterocycles. The number of rotatable bonds is 5. The van der Waals surface area contributed by atoms with E-state index in [2.05, 4.69) is 0 Å². The average molecular weight is 278 g/mol. The smallest absolute Gasteiger partial charge is 0.120 e. The van der Waals surface area contributed by atoms with Gasteiger partial charge in [0.15, 0.2) is 0 Å². The Labute approximate surface area is 117 Å². The summed E-state index contributed by atoms with van der Waals surface area (Å²) in [5, 5.41) is 10.1. The molecule has 3 N–H and O–H groups in total. The van der Waals surface area contributed by atoms with E-state index in [-0.39, 0.29) is 11.7 Å². The number of ether oxygens (including phenoxy) is 1. The zero-order valence-electron chi connectivity index (χ0n) is 10.4. The largest absolute Gasteiger partial charge is 0.508 e. The number of phenolic OH excluding ortho intramolecular Hbond substituents is 1. The van der Waals surface area contributed by atoms with E-state index in [1.54, 1.807) is 30.3 Å². The molecular weight excluding hydrogens is 262 g/mol. The Hall–Kier alpha value is -1.71. The number of halogens is 1. The van der Waals surface area contributed by atoms with Gasteiger partial charge in [0.25, 0.3) is 0 Å². The second kappa shape index (κ2) is 6.45. The van der Waals surface area contributed by atoms with Crippen molar-refractivity contribution in [3.05, 3.63) is 59.1 Å². The summed E-state index contributed by atoms with van der Waals surface area (Å²) in [6.07, 6.45) is 0. The third kappa shape index (κ3) is 3.88. The molecule has 4 heteroatoms. The summed E-state index contributed by atoms with van der Waals surface area (Å²) >= 11 is 5.89. The molecule has 0 fully saturated rings. The first-order valence-corrected chi connectivity index (χ1v) is 6.44. The van der Waals surface area contributed by atoms with Crippen LogP contribution >= 0.6 is 11.6 Å². The fraction of sp³-hybridized carbons (Fsp3) is 0.200. The van der Waals surface area contributed by atoms with Crippen molar-refractivity contribution in [3.8, 4) is 11.5 Å². The first-order valence-electron chi connectivity index (χ1n) is 6.06. The van der Waals surface area contributed by atoms with E-state index >= 15 is 0 Å². The third-order valence-electron chi connectivity index (χ3n) is 2.87. The van der Waals surface area contributed by atoms with Gasteiger partial charge in [0.1, 0.15) is 11.5 Å². The Bertz CT molecular complexity index is 545. The van der Waals surface area contributed by atoms with Crippen molar-refractivity contribution in [2.75, 3.05) is 13.2 Å². The van der Waals surface area contributed by atoms with Crippen LogP contribution in [0.5, 0.6) is 11.5 Å². The Morgan fingerprint density at radius 3 is 2.63 bits per heavy atom. The van der Waals surface area contributed by atoms with Crippen LogP contribution in [0.2, 0.25) is 5.02 Å². The molecule has 0 amide bonds. The van der Waals surface area contributed by atoms with Crippen LogP contribution in [0.25, 0.3) is 0 Å². The van der Waals surface area contributed by atoms with Crippen LogP contribution in [-0.2, 0) is 0 Å². The standard InChI is InChI=1S/C15H16ClNO2/c16-13-4-2-6-15(8-13)19-10-12(9-17)11-3-1-5-14(18)7-11/h1-8,12,18H,9-10,17H2. The summed E-state index contributed by atoms with van der Waals surface area (Å²) in [5.41, 5.74) is 6.72. The van der Waals surface area contributed by atoms with Crippen LogP contribution in [0, 0.1) is 0 Å². The van der Waals surface area contributed by atoms with Gasteiger partial charge in [-0.15, -0.1) is 0 Å². The molecule has 100 valence electrons. The molecule has 0 spiro atoms. The van der Waals surface area contributed by atoms with Crippen LogP contribution in [-0.4, -0.2) is 18.3 Å². The lowest BCUT2D eigenvalue weighted by Gasteiger charge is -2.16. The summed E-state index contributed by atoms with van der Waals surface area (Å²) in [6, 6.07) is 14.3. The summed E-state index contributed by atoms with van der Waals surface area (Å²) in [5.74, 6) is 0.982. The van der Waals surface area contributed by atoms with E-state index < -0.39 is 0 Å². The van der Waals surface area contributed by atoms with E-state index in [1.165, 1.54) is 0 Å². The molecule has 0 heterocycles. The van der Waals surface area contributed by atoms with Crippen molar-refractivity contribution in [1.82, 2.24) is 0 Å². The quantitative estimate of drug-likeness (QED) is 0.883. The van der Waals surface area contributed by atoms with Gasteiger partial charge in [-0.1, -0.05) is 29.8 Å². The minimum atomic E-state index is 0.0334. The predicted molar refractivity (Wildman–Crippen MR) is 76.8 cm³/mol. The van der Waals surface area contributed by atoms with Crippen LogP contribution in [0.1, 0.15) is 11.5 Å². The number of benzene rings is 2. The minimum Gasteiger partial charge on any atom is -0.508 e. The Kier molecular flexibility index (Phi) is 4.66. The number of aromatic hydroxyl groups is 1. The van der Waals surface area contributed by atoms with Crippen LogP contribution in [0.15, 0.2) is 48.5 Å². The third-order valence-corrected chi connectivity index (χ3v) is 3.11. The molecule has 0 aliphatic rings. The maximum atomic E-state index is 9.48. The highest BCUT2D eigenvalue weighted by molar-refractivity contribution is 6.30. The van der Waals surface area contributed by atoms with Gasteiger partial charge < -0.3 is 15.6 Å². The van der Waals surface area contributed by atoms with E-state index in [1.807, 2.05) is 18.2 Å². The Morgan fingerprint density at radius 1 is 1.16 bits per heavy atom. The summed E-state index contributed by atoms with van der Waals surface area (Å²) in [6.45, 7) is 0.893. The van der Waals surface area contributed by atoms with Crippen LogP contribution in [0.3, 0.4) is 0 Å². The lowest BCUT2D eigenvalue weighted by molar-refractivity contribution is 0.290. The molecule has 0 radical (unpaired) electrons. The van der Waals surface area contributed by atoms with Gasteiger partial charge in [0.05, 0.1) is 6.61 Å². The van der Waals surface area contributed by atoms with E-state index in [0.29, 0.717) is 23.9 Å². The lowest BCUT2D eigenvalue weighted by Crippen LogP contribution is -2.19. The molecule has 0 aliphatic carbocycles. The molecule has 2 aromatic rings. The van der Waals surface area contributed by atoms with E-state index in [4.69, 9.17) is 22.1 Å². The maximum Gasteiger partial charge on any atom is 0.120 e. The first-order chi connectivity index (χ1) is 9.19. The van der Waals surface area contributed by atoms with Crippen molar-refractivity contribution >= 4 is 11.6 Å². The van der Waals surface area contributed by atoms with Gasteiger partial charge in [-0.2, -0.15) is 0 Å². The van der Waals surface area contributed by atoms with Crippen LogP contribution in [0.4, 0.5) is 0 Å². The molecule has 0 saturated heterocycles.